The summed E-state index contributed by atoms with van der Waals surface area (Å²) >= 11 is 0. The Bertz CT molecular complexity index is 320. The van der Waals surface area contributed by atoms with Crippen LogP contribution < -0.4 is 0 Å². The van der Waals surface area contributed by atoms with Gasteiger partial charge in [-0.25, -0.2) is 0 Å². The van der Waals surface area contributed by atoms with Crippen molar-refractivity contribution in [1.29, 1.82) is 0 Å². The molecule has 1 saturated carbocycles. The third-order valence-electron chi connectivity index (χ3n) is 4.01. The summed E-state index contributed by atoms with van der Waals surface area (Å²) in [5.41, 5.74) is 2.81. The topological polar surface area (TPSA) is 20.2 Å². The molecule has 0 atom stereocenters. The van der Waals surface area contributed by atoms with Gasteiger partial charge in [-0.15, -0.1) is 0 Å². The Balaban J connectivity index is 1.67. The van der Waals surface area contributed by atoms with E-state index in [9.17, 15) is 5.11 Å². The van der Waals surface area contributed by atoms with Crippen LogP contribution in [-0.2, 0) is 6.42 Å². The molecule has 1 N–H and O–H groups in total. The van der Waals surface area contributed by atoms with Gasteiger partial charge < -0.3 is 5.11 Å². The Morgan fingerprint density at radius 2 is 1.71 bits per heavy atom. The van der Waals surface area contributed by atoms with Crippen LogP contribution in [0.1, 0.15) is 49.7 Å². The van der Waals surface area contributed by atoms with E-state index in [1.807, 2.05) is 0 Å². The highest BCUT2D eigenvalue weighted by atomic mass is 16.3. The minimum Gasteiger partial charge on any atom is -0.393 e. The monoisotopic (exact) mass is 232 g/mol. The second-order valence-electron chi connectivity index (χ2n) is 5.55. The van der Waals surface area contributed by atoms with Crippen molar-refractivity contribution in [3.63, 3.8) is 0 Å². The second kappa shape index (κ2) is 6.20. The van der Waals surface area contributed by atoms with Gasteiger partial charge in [0.15, 0.2) is 0 Å². The van der Waals surface area contributed by atoms with Gasteiger partial charge in [0.25, 0.3) is 0 Å². The Labute approximate surface area is 105 Å². The van der Waals surface area contributed by atoms with E-state index in [4.69, 9.17) is 0 Å². The van der Waals surface area contributed by atoms with Crippen molar-refractivity contribution in [3.05, 3.63) is 35.4 Å². The van der Waals surface area contributed by atoms with Crippen LogP contribution in [0.4, 0.5) is 0 Å². The summed E-state index contributed by atoms with van der Waals surface area (Å²) < 4.78 is 0. The Morgan fingerprint density at radius 1 is 1.06 bits per heavy atom. The van der Waals surface area contributed by atoms with E-state index in [1.165, 1.54) is 43.2 Å². The van der Waals surface area contributed by atoms with Gasteiger partial charge in [0.1, 0.15) is 0 Å². The zero-order chi connectivity index (χ0) is 12.1. The summed E-state index contributed by atoms with van der Waals surface area (Å²) in [5.74, 6) is 0.865. The fraction of sp³-hybridized carbons (Fsp3) is 0.625. The Morgan fingerprint density at radius 3 is 2.35 bits per heavy atom. The first-order valence-electron chi connectivity index (χ1n) is 6.97. The van der Waals surface area contributed by atoms with E-state index in [1.54, 1.807) is 0 Å². The predicted molar refractivity (Wildman–Crippen MR) is 72.1 cm³/mol. The lowest BCUT2D eigenvalue weighted by atomic mass is 9.84. The first-order chi connectivity index (χ1) is 8.24. The van der Waals surface area contributed by atoms with Crippen LogP contribution in [0.2, 0.25) is 0 Å². The molecule has 0 radical (unpaired) electrons. The van der Waals surface area contributed by atoms with E-state index < -0.39 is 0 Å². The molecule has 0 unspecified atom stereocenters. The molecule has 1 aromatic rings. The first-order valence-corrected chi connectivity index (χ1v) is 6.97. The number of hydrogen-bond donors (Lipinski definition) is 1. The maximum Gasteiger partial charge on any atom is 0.0540 e. The van der Waals surface area contributed by atoms with E-state index in [2.05, 4.69) is 31.2 Å². The fourth-order valence-electron chi connectivity index (χ4n) is 2.78. The Kier molecular flexibility index (Phi) is 4.61. The molecule has 1 aliphatic rings. The molecule has 0 saturated heterocycles. The SMILES string of the molecule is Cc1ccc(CCCC2CCC(O)CC2)cc1. The third-order valence-corrected chi connectivity index (χ3v) is 4.01. The minimum absolute atomic E-state index is 0.0108. The summed E-state index contributed by atoms with van der Waals surface area (Å²) in [6, 6.07) is 8.90. The predicted octanol–water partition coefficient (Wildman–Crippen LogP) is 3.87. The standard InChI is InChI=1S/C16H24O/c1-13-5-7-14(8-6-13)3-2-4-15-9-11-16(17)12-10-15/h5-8,15-17H,2-4,9-12H2,1H3. The molecule has 0 spiro atoms. The lowest BCUT2D eigenvalue weighted by molar-refractivity contribution is 0.106. The number of benzene rings is 1. The maximum absolute atomic E-state index is 9.46. The highest BCUT2D eigenvalue weighted by Crippen LogP contribution is 2.28. The number of hydrogen-bond acceptors (Lipinski definition) is 1. The van der Waals surface area contributed by atoms with Crippen molar-refractivity contribution in [1.82, 2.24) is 0 Å². The molecule has 0 bridgehead atoms. The molecule has 1 aliphatic carbocycles. The quantitative estimate of drug-likeness (QED) is 0.835. The second-order valence-corrected chi connectivity index (χ2v) is 5.55. The van der Waals surface area contributed by atoms with Crippen molar-refractivity contribution in [3.8, 4) is 0 Å². The highest BCUT2D eigenvalue weighted by molar-refractivity contribution is 5.21. The summed E-state index contributed by atoms with van der Waals surface area (Å²) in [4.78, 5) is 0. The van der Waals surface area contributed by atoms with Gasteiger partial charge in [-0.2, -0.15) is 0 Å². The smallest absolute Gasteiger partial charge is 0.0540 e. The summed E-state index contributed by atoms with van der Waals surface area (Å²) in [6.07, 6.45) is 8.33. The molecule has 1 aromatic carbocycles. The highest BCUT2D eigenvalue weighted by Gasteiger charge is 2.18. The average molecular weight is 232 g/mol. The molecule has 0 aliphatic heterocycles. The molecule has 94 valence electrons. The minimum atomic E-state index is -0.0108. The van der Waals surface area contributed by atoms with Crippen molar-refractivity contribution in [2.24, 2.45) is 5.92 Å². The van der Waals surface area contributed by atoms with Crippen molar-refractivity contribution in [2.75, 3.05) is 0 Å². The number of aliphatic hydroxyl groups excluding tert-OH is 1. The maximum atomic E-state index is 9.46. The van der Waals surface area contributed by atoms with Crippen LogP contribution in [0, 0.1) is 12.8 Å². The lowest BCUT2D eigenvalue weighted by Crippen LogP contribution is -2.18. The molecular formula is C16H24O. The van der Waals surface area contributed by atoms with E-state index in [0.717, 1.165) is 18.8 Å². The number of rotatable bonds is 4. The van der Waals surface area contributed by atoms with Gasteiger partial charge >= 0.3 is 0 Å². The fourth-order valence-corrected chi connectivity index (χ4v) is 2.78. The summed E-state index contributed by atoms with van der Waals surface area (Å²) in [5, 5.41) is 9.46. The first kappa shape index (κ1) is 12.6. The van der Waals surface area contributed by atoms with Gasteiger partial charge in [-0.05, 0) is 56.9 Å². The van der Waals surface area contributed by atoms with Crippen LogP contribution >= 0.6 is 0 Å². The van der Waals surface area contributed by atoms with Crippen molar-refractivity contribution in [2.45, 2.75) is 58.0 Å². The van der Waals surface area contributed by atoms with Crippen LogP contribution in [0.25, 0.3) is 0 Å². The lowest BCUT2D eigenvalue weighted by Gasteiger charge is -2.25. The van der Waals surface area contributed by atoms with Crippen LogP contribution in [-0.4, -0.2) is 11.2 Å². The number of aryl methyl sites for hydroxylation is 2. The molecule has 2 rings (SSSR count). The summed E-state index contributed by atoms with van der Waals surface area (Å²) in [6.45, 7) is 2.14. The van der Waals surface area contributed by atoms with Crippen LogP contribution in [0.3, 0.4) is 0 Å². The van der Waals surface area contributed by atoms with Gasteiger partial charge in [0.05, 0.1) is 6.10 Å². The Hall–Kier alpha value is -0.820. The van der Waals surface area contributed by atoms with E-state index in [0.29, 0.717) is 0 Å². The molecule has 0 amide bonds. The van der Waals surface area contributed by atoms with Crippen molar-refractivity contribution < 1.29 is 5.11 Å². The molecule has 1 heteroatoms. The van der Waals surface area contributed by atoms with E-state index >= 15 is 0 Å². The van der Waals surface area contributed by atoms with E-state index in [-0.39, 0.29) is 6.10 Å². The van der Waals surface area contributed by atoms with Gasteiger partial charge in [0, 0.05) is 0 Å². The van der Waals surface area contributed by atoms with Crippen molar-refractivity contribution >= 4 is 0 Å². The van der Waals surface area contributed by atoms with Crippen LogP contribution in [0.15, 0.2) is 24.3 Å². The van der Waals surface area contributed by atoms with Gasteiger partial charge in [-0.3, -0.25) is 0 Å². The van der Waals surface area contributed by atoms with Gasteiger partial charge in [0.2, 0.25) is 0 Å². The molecular weight excluding hydrogens is 208 g/mol. The van der Waals surface area contributed by atoms with Crippen LogP contribution in [0.5, 0.6) is 0 Å². The average Bonchev–Trinajstić information content (AvgIpc) is 2.34. The molecule has 1 nitrogen and oxygen atoms in total. The zero-order valence-corrected chi connectivity index (χ0v) is 10.9. The number of aliphatic hydroxyl groups is 1. The third kappa shape index (κ3) is 4.16. The normalized spacial score (nSPS) is 24.8. The molecule has 17 heavy (non-hydrogen) atoms. The summed E-state index contributed by atoms with van der Waals surface area (Å²) in [7, 11) is 0. The largest absolute Gasteiger partial charge is 0.393 e. The van der Waals surface area contributed by atoms with Gasteiger partial charge in [-0.1, -0.05) is 36.2 Å². The zero-order valence-electron chi connectivity index (χ0n) is 10.9. The molecule has 0 heterocycles. The molecule has 0 aromatic heterocycles. The molecule has 1 fully saturated rings.